The number of nitrogens with zero attached hydrogens (tertiary/aromatic N) is 1. The van der Waals surface area contributed by atoms with Crippen molar-refractivity contribution in [3.63, 3.8) is 0 Å². The Bertz CT molecular complexity index is 673. The number of rotatable bonds is 4. The van der Waals surface area contributed by atoms with E-state index in [-0.39, 0.29) is 27.8 Å². The van der Waals surface area contributed by atoms with Gasteiger partial charge in [-0.3, -0.25) is 10.1 Å². The number of nitro benzene ring substituents is 1. The number of hydrogen-bond donors (Lipinski definition) is 1. The van der Waals surface area contributed by atoms with E-state index in [1.54, 1.807) is 0 Å². The van der Waals surface area contributed by atoms with Gasteiger partial charge in [-0.25, -0.2) is 9.18 Å². The minimum atomic E-state index is -1.27. The molecule has 0 saturated carbocycles. The first-order valence-electron chi connectivity index (χ1n) is 5.53. The number of ether oxygens (including phenoxy) is 1. The van der Waals surface area contributed by atoms with Crippen molar-refractivity contribution in [2.24, 2.45) is 0 Å². The third-order valence-corrected chi connectivity index (χ3v) is 2.82. The van der Waals surface area contributed by atoms with Crippen LogP contribution in [0.5, 0.6) is 11.5 Å². The maximum absolute atomic E-state index is 13.7. The summed E-state index contributed by atoms with van der Waals surface area (Å²) < 4.78 is 18.9. The van der Waals surface area contributed by atoms with E-state index in [1.165, 1.54) is 12.1 Å². The first kappa shape index (κ1) is 14.7. The lowest BCUT2D eigenvalue weighted by molar-refractivity contribution is -0.384. The average molecular weight is 312 g/mol. The largest absolute Gasteiger partial charge is 0.478 e. The average Bonchev–Trinajstić information content (AvgIpc) is 2.42. The fourth-order valence-electron chi connectivity index (χ4n) is 1.52. The van der Waals surface area contributed by atoms with Crippen LogP contribution < -0.4 is 4.74 Å². The predicted octanol–water partition coefficient (Wildman–Crippen LogP) is 3.88. The lowest BCUT2D eigenvalue weighted by Gasteiger charge is -2.08. The van der Waals surface area contributed by atoms with Crippen LogP contribution in [-0.2, 0) is 0 Å². The molecule has 0 aromatic heterocycles. The van der Waals surface area contributed by atoms with Crippen LogP contribution in [0.1, 0.15) is 10.4 Å². The molecule has 21 heavy (non-hydrogen) atoms. The van der Waals surface area contributed by atoms with Crippen molar-refractivity contribution in [3.05, 3.63) is 62.9 Å². The second kappa shape index (κ2) is 5.76. The van der Waals surface area contributed by atoms with Gasteiger partial charge < -0.3 is 9.84 Å². The van der Waals surface area contributed by atoms with Gasteiger partial charge in [-0.2, -0.15) is 0 Å². The molecule has 0 aliphatic rings. The third kappa shape index (κ3) is 3.26. The Morgan fingerprint density at radius 1 is 1.24 bits per heavy atom. The van der Waals surface area contributed by atoms with Gasteiger partial charge in [0.15, 0.2) is 11.6 Å². The van der Waals surface area contributed by atoms with Crippen LogP contribution in [0.3, 0.4) is 0 Å². The van der Waals surface area contributed by atoms with Crippen LogP contribution in [0.15, 0.2) is 36.4 Å². The van der Waals surface area contributed by atoms with Crippen molar-refractivity contribution in [1.82, 2.24) is 0 Å². The Hall–Kier alpha value is -2.67. The van der Waals surface area contributed by atoms with Gasteiger partial charge in [0, 0.05) is 12.1 Å². The number of carboxylic acid groups (broad SMARTS) is 1. The van der Waals surface area contributed by atoms with Gasteiger partial charge in [-0.1, -0.05) is 11.6 Å². The molecule has 8 heteroatoms. The molecule has 108 valence electrons. The summed E-state index contributed by atoms with van der Waals surface area (Å²) in [6, 6.07) is 6.56. The van der Waals surface area contributed by atoms with Gasteiger partial charge in [0.05, 0.1) is 15.5 Å². The van der Waals surface area contributed by atoms with E-state index in [2.05, 4.69) is 0 Å². The number of aromatic carboxylic acids is 1. The molecule has 2 rings (SSSR count). The Balaban J connectivity index is 2.30. The Morgan fingerprint density at radius 2 is 1.90 bits per heavy atom. The zero-order valence-corrected chi connectivity index (χ0v) is 11.0. The molecule has 0 spiro atoms. The van der Waals surface area contributed by atoms with E-state index in [1.807, 2.05) is 0 Å². The molecule has 0 heterocycles. The minimum Gasteiger partial charge on any atom is -0.478 e. The van der Waals surface area contributed by atoms with E-state index in [4.69, 9.17) is 21.4 Å². The molecular formula is C13H7ClFNO5. The fraction of sp³-hybridized carbons (Fsp3) is 0. The highest BCUT2D eigenvalue weighted by Crippen LogP contribution is 2.33. The van der Waals surface area contributed by atoms with Gasteiger partial charge >= 0.3 is 5.97 Å². The summed E-state index contributed by atoms with van der Waals surface area (Å²) in [7, 11) is 0. The molecule has 0 atom stereocenters. The van der Waals surface area contributed by atoms with E-state index in [0.717, 1.165) is 24.3 Å². The number of hydrogen-bond acceptors (Lipinski definition) is 4. The topological polar surface area (TPSA) is 89.7 Å². The molecule has 2 aromatic rings. The summed E-state index contributed by atoms with van der Waals surface area (Å²) in [6.45, 7) is 0. The number of carboxylic acids is 1. The van der Waals surface area contributed by atoms with Gasteiger partial charge in [0.25, 0.3) is 5.69 Å². The molecule has 0 unspecified atom stereocenters. The SMILES string of the molecule is O=C(O)c1ccc(Oc2ccc([N+](=O)[O-])cc2Cl)c(F)c1. The van der Waals surface area contributed by atoms with Crippen molar-refractivity contribution in [2.75, 3.05) is 0 Å². The van der Waals surface area contributed by atoms with Gasteiger partial charge in [-0.05, 0) is 24.3 Å². The van der Waals surface area contributed by atoms with E-state index < -0.39 is 16.7 Å². The quantitative estimate of drug-likeness (QED) is 0.683. The van der Waals surface area contributed by atoms with Gasteiger partial charge in [0.1, 0.15) is 5.75 Å². The number of nitro groups is 1. The van der Waals surface area contributed by atoms with Crippen molar-refractivity contribution in [2.45, 2.75) is 0 Å². The zero-order chi connectivity index (χ0) is 15.6. The number of carbonyl (C=O) groups is 1. The summed E-state index contributed by atoms with van der Waals surface area (Å²) in [5, 5.41) is 19.2. The summed E-state index contributed by atoms with van der Waals surface area (Å²) in [5.41, 5.74) is -0.455. The molecule has 0 saturated heterocycles. The van der Waals surface area contributed by atoms with Crippen LogP contribution in [0.4, 0.5) is 10.1 Å². The highest BCUT2D eigenvalue weighted by Gasteiger charge is 2.14. The Kier molecular flexibility index (Phi) is 4.04. The Morgan fingerprint density at radius 3 is 2.43 bits per heavy atom. The van der Waals surface area contributed by atoms with Gasteiger partial charge in [0.2, 0.25) is 0 Å². The highest BCUT2D eigenvalue weighted by atomic mass is 35.5. The summed E-state index contributed by atoms with van der Waals surface area (Å²) in [5.74, 6) is -2.38. The lowest BCUT2D eigenvalue weighted by Crippen LogP contribution is -1.98. The van der Waals surface area contributed by atoms with Crippen molar-refractivity contribution < 1.29 is 24.0 Å². The Labute approximate surface area is 122 Å². The molecule has 0 radical (unpaired) electrons. The molecule has 0 amide bonds. The van der Waals surface area contributed by atoms with Crippen LogP contribution >= 0.6 is 11.6 Å². The summed E-state index contributed by atoms with van der Waals surface area (Å²) >= 11 is 5.81. The first-order valence-corrected chi connectivity index (χ1v) is 5.91. The summed E-state index contributed by atoms with van der Waals surface area (Å²) in [4.78, 5) is 20.6. The zero-order valence-electron chi connectivity index (χ0n) is 10.2. The van der Waals surface area contributed by atoms with E-state index in [0.29, 0.717) is 0 Å². The standard InChI is InChI=1S/C13H7ClFNO5/c14-9-6-8(16(19)20)2-4-11(9)21-12-3-1-7(13(17)18)5-10(12)15/h1-6H,(H,17,18). The minimum absolute atomic E-state index is 0.0178. The smallest absolute Gasteiger partial charge is 0.335 e. The molecule has 0 aliphatic heterocycles. The molecular weight excluding hydrogens is 305 g/mol. The number of halogens is 2. The van der Waals surface area contributed by atoms with Crippen LogP contribution in [-0.4, -0.2) is 16.0 Å². The van der Waals surface area contributed by atoms with Crippen LogP contribution in [0, 0.1) is 15.9 Å². The maximum Gasteiger partial charge on any atom is 0.335 e. The lowest BCUT2D eigenvalue weighted by atomic mass is 10.2. The second-order valence-corrected chi connectivity index (χ2v) is 4.33. The molecule has 0 aliphatic carbocycles. The summed E-state index contributed by atoms with van der Waals surface area (Å²) in [6.07, 6.45) is 0. The van der Waals surface area contributed by atoms with E-state index in [9.17, 15) is 19.3 Å². The van der Waals surface area contributed by atoms with E-state index >= 15 is 0 Å². The van der Waals surface area contributed by atoms with Crippen LogP contribution in [0.25, 0.3) is 0 Å². The fourth-order valence-corrected chi connectivity index (χ4v) is 1.73. The third-order valence-electron chi connectivity index (χ3n) is 2.53. The molecule has 0 fully saturated rings. The molecule has 1 N–H and O–H groups in total. The van der Waals surface area contributed by atoms with Crippen molar-refractivity contribution in [3.8, 4) is 11.5 Å². The van der Waals surface area contributed by atoms with Gasteiger partial charge in [-0.15, -0.1) is 0 Å². The monoisotopic (exact) mass is 311 g/mol. The maximum atomic E-state index is 13.7. The number of non-ortho nitro benzene ring substituents is 1. The van der Waals surface area contributed by atoms with Crippen LogP contribution in [0.2, 0.25) is 5.02 Å². The normalized spacial score (nSPS) is 10.2. The molecule has 0 bridgehead atoms. The first-order chi connectivity index (χ1) is 9.88. The highest BCUT2D eigenvalue weighted by molar-refractivity contribution is 6.32. The second-order valence-electron chi connectivity index (χ2n) is 3.92. The molecule has 6 nitrogen and oxygen atoms in total. The predicted molar refractivity (Wildman–Crippen MR) is 71.5 cm³/mol. The van der Waals surface area contributed by atoms with Crippen molar-refractivity contribution in [1.29, 1.82) is 0 Å². The molecule has 2 aromatic carbocycles. The number of benzene rings is 2. The van der Waals surface area contributed by atoms with Crippen molar-refractivity contribution >= 4 is 23.3 Å².